The fraction of sp³-hybridized carbons (Fsp3) is 0.343. The number of carbonyl (C=O) groups is 3. The summed E-state index contributed by atoms with van der Waals surface area (Å²) in [5.74, 6) is -1.52. The molecule has 4 aromatic rings. The first-order valence-electron chi connectivity index (χ1n) is 15.7. The number of hydrogen-bond donors (Lipinski definition) is 2. The molecule has 11 nitrogen and oxygen atoms in total. The standard InChI is InChI=1S/C35H39ClFN5O6Si/c1-34(2,3)49(5,6)47-16-15-46-29-19-27-24(18-25(29)30(43)39-4)28(11-14-40-27)48-31-26(36)17-23(20-41-31)42(22-9-7-21(37)8-10-22)33(45)35(12-13-35)32(38)44/h7-11,14,17-20H,12-13,15-16H2,1-6H3,(H2,38,44)(H,39,43). The summed E-state index contributed by atoms with van der Waals surface area (Å²) in [6, 6.07) is 11.6. The van der Waals surface area contributed by atoms with Crippen molar-refractivity contribution in [1.82, 2.24) is 15.3 Å². The summed E-state index contributed by atoms with van der Waals surface area (Å²) in [5, 5.41) is 3.23. The molecule has 1 aliphatic rings. The van der Waals surface area contributed by atoms with Gasteiger partial charge in [-0.3, -0.25) is 24.3 Å². The maximum atomic E-state index is 13.8. The van der Waals surface area contributed by atoms with Crippen LogP contribution in [0.2, 0.25) is 23.2 Å². The van der Waals surface area contributed by atoms with E-state index in [0.29, 0.717) is 47.5 Å². The van der Waals surface area contributed by atoms with Crippen LogP contribution in [-0.2, 0) is 14.0 Å². The fourth-order valence-corrected chi connectivity index (χ4v) is 6.15. The van der Waals surface area contributed by atoms with E-state index in [4.69, 9.17) is 31.2 Å². The number of nitrogens with one attached hydrogen (secondary N) is 1. The normalized spacial score (nSPS) is 13.9. The van der Waals surface area contributed by atoms with E-state index in [1.54, 1.807) is 18.2 Å². The average Bonchev–Trinajstić information content (AvgIpc) is 3.87. The van der Waals surface area contributed by atoms with Gasteiger partial charge in [-0.25, -0.2) is 9.37 Å². The zero-order valence-electron chi connectivity index (χ0n) is 28.2. The van der Waals surface area contributed by atoms with Gasteiger partial charge in [-0.05, 0) is 73.4 Å². The Hall–Kier alpha value is -4.59. The van der Waals surface area contributed by atoms with Crippen molar-refractivity contribution in [2.24, 2.45) is 11.1 Å². The maximum absolute atomic E-state index is 13.8. The minimum absolute atomic E-state index is 0.00468. The molecule has 0 aliphatic heterocycles. The molecule has 5 rings (SSSR count). The van der Waals surface area contributed by atoms with Crippen LogP contribution in [0.25, 0.3) is 10.9 Å². The van der Waals surface area contributed by atoms with Crippen molar-refractivity contribution < 1.29 is 32.7 Å². The number of nitrogens with zero attached hydrogens (tertiary/aromatic N) is 3. The SMILES string of the molecule is CNC(=O)c1cc2c(Oc3ncc(N(C(=O)C4(C(N)=O)CC4)c4ccc(F)cc4)cc3Cl)ccnc2cc1OCCO[Si](C)(C)C(C)(C)C. The van der Waals surface area contributed by atoms with E-state index in [-0.39, 0.29) is 39.7 Å². The van der Waals surface area contributed by atoms with Crippen LogP contribution >= 0.6 is 11.6 Å². The van der Waals surface area contributed by atoms with Crippen LogP contribution in [0.4, 0.5) is 15.8 Å². The third kappa shape index (κ3) is 7.38. The predicted molar refractivity (Wildman–Crippen MR) is 188 cm³/mol. The quantitative estimate of drug-likeness (QED) is 0.0918. The minimum atomic E-state index is -1.98. The Morgan fingerprint density at radius 3 is 2.31 bits per heavy atom. The third-order valence-corrected chi connectivity index (χ3v) is 13.9. The lowest BCUT2D eigenvalue weighted by atomic mass is 10.0. The molecular formula is C35H39ClFN5O6Si. The summed E-state index contributed by atoms with van der Waals surface area (Å²) in [6.07, 6.45) is 3.49. The maximum Gasteiger partial charge on any atom is 0.254 e. The zero-order valence-corrected chi connectivity index (χ0v) is 30.0. The largest absolute Gasteiger partial charge is 0.490 e. The highest BCUT2D eigenvalue weighted by atomic mass is 35.5. The number of rotatable bonds is 12. The van der Waals surface area contributed by atoms with E-state index in [9.17, 15) is 18.8 Å². The lowest BCUT2D eigenvalue weighted by molar-refractivity contribution is -0.133. The number of nitrogens with two attached hydrogens (primary N) is 1. The van der Waals surface area contributed by atoms with Gasteiger partial charge in [0.2, 0.25) is 17.7 Å². The average molecular weight is 708 g/mol. The number of primary amides is 1. The number of halogens is 2. The Morgan fingerprint density at radius 2 is 1.71 bits per heavy atom. The van der Waals surface area contributed by atoms with Crippen LogP contribution in [0.5, 0.6) is 17.4 Å². The lowest BCUT2D eigenvalue weighted by Crippen LogP contribution is -2.41. The molecule has 2 aromatic heterocycles. The van der Waals surface area contributed by atoms with E-state index in [1.807, 2.05) is 0 Å². The van der Waals surface area contributed by atoms with E-state index in [2.05, 4.69) is 49.1 Å². The topological polar surface area (TPSA) is 146 Å². The highest BCUT2D eigenvalue weighted by Crippen LogP contribution is 2.49. The fourth-order valence-electron chi connectivity index (χ4n) is 4.93. The van der Waals surface area contributed by atoms with E-state index >= 15 is 0 Å². The second kappa shape index (κ2) is 13.7. The summed E-state index contributed by atoms with van der Waals surface area (Å²) in [7, 11) is -0.455. The third-order valence-electron chi connectivity index (χ3n) is 9.06. The molecule has 1 fully saturated rings. The molecule has 0 atom stereocenters. The van der Waals surface area contributed by atoms with Crippen LogP contribution < -0.4 is 25.4 Å². The van der Waals surface area contributed by atoms with Crippen molar-refractivity contribution in [2.45, 2.75) is 51.7 Å². The van der Waals surface area contributed by atoms with Crippen LogP contribution in [0.3, 0.4) is 0 Å². The predicted octanol–water partition coefficient (Wildman–Crippen LogP) is 6.91. The molecule has 1 aliphatic carbocycles. The van der Waals surface area contributed by atoms with Crippen LogP contribution in [-0.4, -0.2) is 56.3 Å². The number of hydrogen-bond acceptors (Lipinski definition) is 8. The van der Waals surface area contributed by atoms with E-state index in [1.165, 1.54) is 54.7 Å². The van der Waals surface area contributed by atoms with Crippen LogP contribution in [0.1, 0.15) is 44.0 Å². The first-order valence-corrected chi connectivity index (χ1v) is 19.0. The summed E-state index contributed by atoms with van der Waals surface area (Å²) < 4.78 is 32.1. The Kier molecular flexibility index (Phi) is 10.0. The Morgan fingerprint density at radius 1 is 1.02 bits per heavy atom. The number of fused-ring (bicyclic) bond motifs is 1. The lowest BCUT2D eigenvalue weighted by Gasteiger charge is -2.36. The molecule has 0 unspecified atom stereocenters. The molecule has 3 N–H and O–H groups in total. The minimum Gasteiger partial charge on any atom is -0.490 e. The Labute approximate surface area is 290 Å². The number of anilines is 2. The number of aromatic nitrogens is 2. The number of ether oxygens (including phenoxy) is 2. The monoisotopic (exact) mass is 707 g/mol. The molecule has 2 heterocycles. The van der Waals surface area contributed by atoms with Gasteiger partial charge in [0.1, 0.15) is 34.4 Å². The molecular weight excluding hydrogens is 669 g/mol. The van der Waals surface area contributed by atoms with Gasteiger partial charge in [0.25, 0.3) is 5.91 Å². The van der Waals surface area contributed by atoms with Gasteiger partial charge in [0.15, 0.2) is 8.32 Å². The van der Waals surface area contributed by atoms with Crippen molar-refractivity contribution in [3.05, 3.63) is 77.3 Å². The summed E-state index contributed by atoms with van der Waals surface area (Å²) in [4.78, 5) is 48.9. The summed E-state index contributed by atoms with van der Waals surface area (Å²) in [6.45, 7) is 11.4. The molecule has 3 amide bonds. The molecule has 49 heavy (non-hydrogen) atoms. The van der Waals surface area contributed by atoms with Gasteiger partial charge >= 0.3 is 0 Å². The molecule has 0 spiro atoms. The number of benzene rings is 2. The van der Waals surface area contributed by atoms with Gasteiger partial charge < -0.3 is 25.0 Å². The van der Waals surface area contributed by atoms with Crippen molar-refractivity contribution in [3.63, 3.8) is 0 Å². The zero-order chi connectivity index (χ0) is 35.7. The van der Waals surface area contributed by atoms with Gasteiger partial charge in [-0.1, -0.05) is 32.4 Å². The smallest absolute Gasteiger partial charge is 0.254 e. The molecule has 2 aromatic carbocycles. The molecule has 14 heteroatoms. The second-order valence-corrected chi connectivity index (χ2v) is 18.6. The van der Waals surface area contributed by atoms with E-state index < -0.39 is 31.4 Å². The molecule has 0 bridgehead atoms. The van der Waals surface area contributed by atoms with Crippen molar-refractivity contribution in [2.75, 3.05) is 25.2 Å². The van der Waals surface area contributed by atoms with Gasteiger partial charge in [-0.2, -0.15) is 0 Å². The molecule has 258 valence electrons. The number of carbonyl (C=O) groups excluding carboxylic acids is 3. The molecule has 0 radical (unpaired) electrons. The van der Waals surface area contributed by atoms with Crippen molar-refractivity contribution in [3.8, 4) is 17.4 Å². The first kappa shape index (κ1) is 35.7. The highest BCUT2D eigenvalue weighted by molar-refractivity contribution is 6.74. The summed E-state index contributed by atoms with van der Waals surface area (Å²) >= 11 is 6.66. The van der Waals surface area contributed by atoms with Crippen molar-refractivity contribution >= 4 is 59.9 Å². The van der Waals surface area contributed by atoms with E-state index in [0.717, 1.165) is 0 Å². The summed E-state index contributed by atoms with van der Waals surface area (Å²) in [5.41, 5.74) is 5.52. The number of amides is 3. The van der Waals surface area contributed by atoms with Gasteiger partial charge in [0.05, 0.1) is 29.6 Å². The van der Waals surface area contributed by atoms with Crippen molar-refractivity contribution in [1.29, 1.82) is 0 Å². The van der Waals surface area contributed by atoms with Gasteiger partial charge in [0, 0.05) is 30.4 Å². The molecule has 1 saturated carbocycles. The van der Waals surface area contributed by atoms with Crippen LogP contribution in [0.15, 0.2) is 60.9 Å². The second-order valence-electron chi connectivity index (χ2n) is 13.4. The van der Waals surface area contributed by atoms with Crippen LogP contribution in [0, 0.1) is 11.2 Å². The Balaban J connectivity index is 1.43. The molecule has 0 saturated heterocycles. The van der Waals surface area contributed by atoms with Gasteiger partial charge in [-0.15, -0.1) is 0 Å². The first-order chi connectivity index (χ1) is 23.1. The number of pyridine rings is 2. The highest BCUT2D eigenvalue weighted by Gasteiger charge is 2.57. The Bertz CT molecular complexity index is 1910.